The van der Waals surface area contributed by atoms with Crippen molar-refractivity contribution in [3.8, 4) is 0 Å². The minimum absolute atomic E-state index is 0.552. The highest BCUT2D eigenvalue weighted by Crippen LogP contribution is 2.47. The van der Waals surface area contributed by atoms with Gasteiger partial charge in [-0.2, -0.15) is 0 Å². The SMILES string of the molecule is CC1=CC2C(C)=CC1c1ccccc12. The molecule has 3 aliphatic rings. The molecule has 2 unspecified atom stereocenters. The molecule has 0 fully saturated rings. The summed E-state index contributed by atoms with van der Waals surface area (Å²) < 4.78 is 0. The molecule has 1 aromatic rings. The molecule has 0 aliphatic heterocycles. The van der Waals surface area contributed by atoms with Crippen LogP contribution >= 0.6 is 0 Å². The first kappa shape index (κ1) is 8.05. The summed E-state index contributed by atoms with van der Waals surface area (Å²) in [6, 6.07) is 8.84. The molecule has 70 valence electrons. The Morgan fingerprint density at radius 1 is 0.786 bits per heavy atom. The summed E-state index contributed by atoms with van der Waals surface area (Å²) in [5.74, 6) is 1.10. The molecular weight excluding hydrogens is 168 g/mol. The average molecular weight is 182 g/mol. The number of benzene rings is 1. The van der Waals surface area contributed by atoms with Gasteiger partial charge in [0.25, 0.3) is 0 Å². The fourth-order valence-electron chi connectivity index (χ4n) is 2.74. The topological polar surface area (TPSA) is 0 Å². The monoisotopic (exact) mass is 182 g/mol. The molecule has 0 heteroatoms. The van der Waals surface area contributed by atoms with Crippen molar-refractivity contribution in [3.63, 3.8) is 0 Å². The molecule has 2 atom stereocenters. The first-order chi connectivity index (χ1) is 6.77. The van der Waals surface area contributed by atoms with Crippen LogP contribution in [0, 0.1) is 0 Å². The molecule has 0 heterocycles. The van der Waals surface area contributed by atoms with Crippen molar-refractivity contribution < 1.29 is 0 Å². The smallest absolute Gasteiger partial charge is 0.0231 e. The Bertz CT molecular complexity index is 406. The molecule has 1 aromatic carbocycles. The third-order valence-electron chi connectivity index (χ3n) is 3.51. The summed E-state index contributed by atoms with van der Waals surface area (Å²) in [4.78, 5) is 0. The lowest BCUT2D eigenvalue weighted by molar-refractivity contribution is 0.786. The maximum atomic E-state index is 2.42. The maximum Gasteiger partial charge on any atom is 0.0231 e. The molecule has 0 saturated carbocycles. The van der Waals surface area contributed by atoms with E-state index in [1.807, 2.05) is 0 Å². The normalized spacial score (nSPS) is 28.1. The molecule has 0 N–H and O–H groups in total. The van der Waals surface area contributed by atoms with Crippen LogP contribution in [-0.4, -0.2) is 0 Å². The number of allylic oxidation sites excluding steroid dienone is 4. The summed E-state index contributed by atoms with van der Waals surface area (Å²) in [5, 5.41) is 0. The van der Waals surface area contributed by atoms with Crippen molar-refractivity contribution >= 4 is 0 Å². The third-order valence-corrected chi connectivity index (χ3v) is 3.51. The fraction of sp³-hybridized carbons (Fsp3) is 0.286. The molecule has 0 nitrogen and oxygen atoms in total. The zero-order valence-corrected chi connectivity index (χ0v) is 8.62. The van der Waals surface area contributed by atoms with Crippen LogP contribution in [-0.2, 0) is 0 Å². The van der Waals surface area contributed by atoms with E-state index in [1.54, 1.807) is 0 Å². The largest absolute Gasteiger partial charge is 0.0731 e. The molecule has 0 spiro atoms. The van der Waals surface area contributed by atoms with Gasteiger partial charge in [-0.15, -0.1) is 0 Å². The number of hydrogen-bond donors (Lipinski definition) is 0. The zero-order chi connectivity index (χ0) is 9.71. The Hall–Kier alpha value is -1.30. The van der Waals surface area contributed by atoms with E-state index in [-0.39, 0.29) is 0 Å². The van der Waals surface area contributed by atoms with Crippen LogP contribution in [0.3, 0.4) is 0 Å². The van der Waals surface area contributed by atoms with Gasteiger partial charge in [0.15, 0.2) is 0 Å². The summed E-state index contributed by atoms with van der Waals surface area (Å²) in [5.41, 5.74) is 6.06. The molecule has 0 amide bonds. The van der Waals surface area contributed by atoms with E-state index in [4.69, 9.17) is 0 Å². The minimum atomic E-state index is 0.552. The van der Waals surface area contributed by atoms with Gasteiger partial charge in [-0.1, -0.05) is 47.6 Å². The lowest BCUT2D eigenvalue weighted by Gasteiger charge is -2.35. The van der Waals surface area contributed by atoms with Crippen LogP contribution in [0.1, 0.15) is 36.8 Å². The maximum absolute atomic E-state index is 2.42. The second kappa shape index (κ2) is 2.60. The quantitative estimate of drug-likeness (QED) is 0.536. The second-order valence-corrected chi connectivity index (χ2v) is 4.41. The molecule has 14 heavy (non-hydrogen) atoms. The fourth-order valence-corrected chi connectivity index (χ4v) is 2.74. The summed E-state index contributed by atoms with van der Waals surface area (Å²) in [7, 11) is 0. The van der Waals surface area contributed by atoms with E-state index in [9.17, 15) is 0 Å². The van der Waals surface area contributed by atoms with E-state index < -0.39 is 0 Å². The van der Waals surface area contributed by atoms with Gasteiger partial charge in [0, 0.05) is 11.8 Å². The Morgan fingerprint density at radius 3 is 1.64 bits per heavy atom. The highest BCUT2D eigenvalue weighted by atomic mass is 14.3. The van der Waals surface area contributed by atoms with E-state index in [1.165, 1.54) is 22.3 Å². The standard InChI is InChI=1S/C14H14/c1-9-7-14-10(2)8-13(9)11-5-3-4-6-12(11)14/h3-8,13-14H,1-2H3. The Kier molecular flexibility index (Phi) is 1.49. The van der Waals surface area contributed by atoms with E-state index in [0.29, 0.717) is 11.8 Å². The van der Waals surface area contributed by atoms with Gasteiger partial charge < -0.3 is 0 Å². The first-order valence-corrected chi connectivity index (χ1v) is 5.23. The summed E-state index contributed by atoms with van der Waals surface area (Å²) >= 11 is 0. The second-order valence-electron chi connectivity index (χ2n) is 4.41. The van der Waals surface area contributed by atoms with Crippen molar-refractivity contribution in [1.82, 2.24) is 0 Å². The lowest BCUT2D eigenvalue weighted by atomic mass is 9.69. The van der Waals surface area contributed by atoms with Crippen LogP contribution < -0.4 is 0 Å². The molecule has 3 aliphatic carbocycles. The number of hydrogen-bond acceptors (Lipinski definition) is 0. The van der Waals surface area contributed by atoms with Crippen LogP contribution in [0.15, 0.2) is 47.6 Å². The Balaban J connectivity index is 2.26. The van der Waals surface area contributed by atoms with Crippen LogP contribution in [0.5, 0.6) is 0 Å². The van der Waals surface area contributed by atoms with Gasteiger partial charge in [0.2, 0.25) is 0 Å². The highest BCUT2D eigenvalue weighted by Gasteiger charge is 2.30. The summed E-state index contributed by atoms with van der Waals surface area (Å²) in [6.45, 7) is 4.49. The van der Waals surface area contributed by atoms with Crippen LogP contribution in [0.4, 0.5) is 0 Å². The van der Waals surface area contributed by atoms with Crippen molar-refractivity contribution in [2.24, 2.45) is 0 Å². The highest BCUT2D eigenvalue weighted by molar-refractivity contribution is 5.55. The minimum Gasteiger partial charge on any atom is -0.0731 e. The third kappa shape index (κ3) is 0.886. The predicted octanol–water partition coefficient (Wildman–Crippen LogP) is 3.77. The molecular formula is C14H14. The van der Waals surface area contributed by atoms with E-state index in [0.717, 1.165) is 0 Å². The molecule has 2 bridgehead atoms. The Labute approximate surface area is 85.0 Å². The van der Waals surface area contributed by atoms with E-state index in [2.05, 4.69) is 50.3 Å². The summed E-state index contributed by atoms with van der Waals surface area (Å²) in [6.07, 6.45) is 4.84. The van der Waals surface area contributed by atoms with Crippen molar-refractivity contribution in [2.75, 3.05) is 0 Å². The lowest BCUT2D eigenvalue weighted by Crippen LogP contribution is -2.18. The van der Waals surface area contributed by atoms with Crippen LogP contribution in [0.2, 0.25) is 0 Å². The van der Waals surface area contributed by atoms with Gasteiger partial charge in [-0.3, -0.25) is 0 Å². The van der Waals surface area contributed by atoms with Gasteiger partial charge in [-0.05, 0) is 25.0 Å². The van der Waals surface area contributed by atoms with Gasteiger partial charge in [0.1, 0.15) is 0 Å². The van der Waals surface area contributed by atoms with Crippen molar-refractivity contribution in [3.05, 3.63) is 58.7 Å². The predicted molar refractivity (Wildman–Crippen MR) is 59.4 cm³/mol. The molecule has 0 radical (unpaired) electrons. The molecule has 4 rings (SSSR count). The Morgan fingerprint density at radius 2 is 1.21 bits per heavy atom. The zero-order valence-electron chi connectivity index (χ0n) is 8.62. The molecule has 0 saturated heterocycles. The molecule has 0 aromatic heterocycles. The van der Waals surface area contributed by atoms with E-state index >= 15 is 0 Å². The first-order valence-electron chi connectivity index (χ1n) is 5.23. The van der Waals surface area contributed by atoms with Gasteiger partial charge in [0.05, 0.1) is 0 Å². The average Bonchev–Trinajstić information content (AvgIpc) is 2.21. The van der Waals surface area contributed by atoms with Crippen molar-refractivity contribution in [2.45, 2.75) is 25.7 Å². The van der Waals surface area contributed by atoms with Gasteiger partial charge in [-0.25, -0.2) is 0 Å². The van der Waals surface area contributed by atoms with Gasteiger partial charge >= 0.3 is 0 Å². The van der Waals surface area contributed by atoms with Crippen LogP contribution in [0.25, 0.3) is 0 Å². The van der Waals surface area contributed by atoms with Crippen molar-refractivity contribution in [1.29, 1.82) is 0 Å². The number of rotatable bonds is 0.